The number of thioether (sulfide) groups is 1. The molecule has 0 unspecified atom stereocenters. The predicted molar refractivity (Wildman–Crippen MR) is 78.4 cm³/mol. The first-order chi connectivity index (χ1) is 8.09. The number of para-hydroxylation sites is 1. The van der Waals surface area contributed by atoms with E-state index in [-0.39, 0.29) is 5.91 Å². The highest BCUT2D eigenvalue weighted by atomic mass is 32.2. The van der Waals surface area contributed by atoms with Crippen LogP contribution in [-0.2, 0) is 4.79 Å². The first kappa shape index (κ1) is 14.0. The van der Waals surface area contributed by atoms with Crippen LogP contribution in [0.3, 0.4) is 0 Å². The first-order valence-corrected chi connectivity index (χ1v) is 6.68. The van der Waals surface area contributed by atoms with E-state index in [1.165, 1.54) is 11.8 Å². The van der Waals surface area contributed by atoms with Crippen molar-refractivity contribution in [3.8, 4) is 0 Å². The van der Waals surface area contributed by atoms with E-state index >= 15 is 0 Å². The van der Waals surface area contributed by atoms with Gasteiger partial charge in [-0.1, -0.05) is 42.2 Å². The number of carbonyl (C=O) groups excluding carboxylic acids is 1. The third-order valence-corrected chi connectivity index (χ3v) is 3.30. The Bertz CT molecular complexity index is 379. The maximum Gasteiger partial charge on any atom is 0.222 e. The highest BCUT2D eigenvalue weighted by molar-refractivity contribution is 8.23. The zero-order valence-corrected chi connectivity index (χ0v) is 11.6. The lowest BCUT2D eigenvalue weighted by atomic mass is 10.3. The Morgan fingerprint density at radius 1 is 1.35 bits per heavy atom. The number of nitrogens with one attached hydrogen (secondary N) is 1. The van der Waals surface area contributed by atoms with Gasteiger partial charge in [-0.3, -0.25) is 4.79 Å². The fraction of sp³-hybridized carbons (Fsp3) is 0.333. The second kappa shape index (κ2) is 7.29. The Kier molecular flexibility index (Phi) is 6.00. The molecule has 0 heterocycles. The molecule has 0 aliphatic rings. The predicted octanol–water partition coefficient (Wildman–Crippen LogP) is 2.59. The molecule has 17 heavy (non-hydrogen) atoms. The van der Waals surface area contributed by atoms with Gasteiger partial charge in [-0.25, -0.2) is 0 Å². The summed E-state index contributed by atoms with van der Waals surface area (Å²) in [5.74, 6) is 0.829. The number of carbonyl (C=O) groups is 1. The Labute approximate surface area is 112 Å². The number of anilines is 1. The van der Waals surface area contributed by atoms with Crippen molar-refractivity contribution in [3.05, 3.63) is 30.3 Å². The molecule has 0 atom stereocenters. The van der Waals surface area contributed by atoms with Crippen LogP contribution in [0.1, 0.15) is 6.42 Å². The van der Waals surface area contributed by atoms with Crippen LogP contribution in [0.4, 0.5) is 5.69 Å². The fourth-order valence-corrected chi connectivity index (χ4v) is 2.15. The van der Waals surface area contributed by atoms with Crippen molar-refractivity contribution in [1.29, 1.82) is 0 Å². The van der Waals surface area contributed by atoms with E-state index in [1.807, 2.05) is 30.3 Å². The van der Waals surface area contributed by atoms with Gasteiger partial charge in [0.15, 0.2) is 0 Å². The smallest absolute Gasteiger partial charge is 0.222 e. The van der Waals surface area contributed by atoms with Gasteiger partial charge >= 0.3 is 0 Å². The number of amides is 1. The molecule has 0 aromatic heterocycles. The maximum absolute atomic E-state index is 11.3. The molecule has 0 saturated heterocycles. The highest BCUT2D eigenvalue weighted by Crippen LogP contribution is 2.12. The van der Waals surface area contributed by atoms with E-state index < -0.39 is 0 Å². The van der Waals surface area contributed by atoms with Crippen molar-refractivity contribution in [3.63, 3.8) is 0 Å². The van der Waals surface area contributed by atoms with Crippen LogP contribution in [0, 0.1) is 0 Å². The molecule has 0 fully saturated rings. The molecule has 0 aliphatic heterocycles. The number of nitrogens with zero attached hydrogens (tertiary/aromatic N) is 1. The summed E-state index contributed by atoms with van der Waals surface area (Å²) in [6.45, 7) is 0. The Hall–Kier alpha value is -1.07. The van der Waals surface area contributed by atoms with E-state index in [2.05, 4.69) is 5.32 Å². The molecule has 1 aromatic rings. The largest absolute Gasteiger partial charge is 0.349 e. The minimum Gasteiger partial charge on any atom is -0.349 e. The van der Waals surface area contributed by atoms with Crippen molar-refractivity contribution < 1.29 is 4.79 Å². The molecule has 5 heteroatoms. The van der Waals surface area contributed by atoms with Crippen molar-refractivity contribution >= 4 is 39.9 Å². The average molecular weight is 268 g/mol. The Morgan fingerprint density at radius 3 is 2.59 bits per heavy atom. The number of benzene rings is 1. The number of rotatable bonds is 4. The van der Waals surface area contributed by atoms with Crippen molar-refractivity contribution in [2.45, 2.75) is 6.42 Å². The van der Waals surface area contributed by atoms with E-state index in [0.29, 0.717) is 16.5 Å². The van der Waals surface area contributed by atoms with Crippen LogP contribution < -0.4 is 5.32 Å². The zero-order chi connectivity index (χ0) is 12.7. The van der Waals surface area contributed by atoms with Crippen molar-refractivity contribution in [2.75, 3.05) is 25.2 Å². The van der Waals surface area contributed by atoms with Crippen LogP contribution >= 0.6 is 24.0 Å². The molecule has 0 aliphatic carbocycles. The normalized spacial score (nSPS) is 9.76. The van der Waals surface area contributed by atoms with E-state index in [9.17, 15) is 4.79 Å². The summed E-state index contributed by atoms with van der Waals surface area (Å²) in [6, 6.07) is 9.77. The molecule has 92 valence electrons. The summed E-state index contributed by atoms with van der Waals surface area (Å²) in [6.07, 6.45) is 0.508. The van der Waals surface area contributed by atoms with Gasteiger partial charge in [0.05, 0.1) is 0 Å². The Balaban J connectivity index is 2.25. The molecule has 0 bridgehead atoms. The van der Waals surface area contributed by atoms with Crippen LogP contribution in [0.15, 0.2) is 30.3 Å². The highest BCUT2D eigenvalue weighted by Gasteiger charge is 2.05. The third-order valence-electron chi connectivity index (χ3n) is 2.07. The Morgan fingerprint density at radius 2 is 2.00 bits per heavy atom. The van der Waals surface area contributed by atoms with Crippen LogP contribution in [-0.4, -0.2) is 35.0 Å². The summed E-state index contributed by atoms with van der Waals surface area (Å²) >= 11 is 6.67. The summed E-state index contributed by atoms with van der Waals surface area (Å²) in [4.78, 5) is 12.9. The standard InChI is InChI=1S/C12H16N2OS2/c1-14(2)11(15)8-9-17-12(16)13-10-6-4-3-5-7-10/h3-7H,8-9H2,1-2H3,(H,13,16). The minimum absolute atomic E-state index is 0.125. The van der Waals surface area contributed by atoms with E-state index in [1.54, 1.807) is 19.0 Å². The van der Waals surface area contributed by atoms with Crippen molar-refractivity contribution in [1.82, 2.24) is 4.90 Å². The number of hydrogen-bond acceptors (Lipinski definition) is 3. The quantitative estimate of drug-likeness (QED) is 0.851. The summed E-state index contributed by atoms with van der Waals surface area (Å²) in [5, 5.41) is 3.11. The van der Waals surface area contributed by atoms with E-state index in [4.69, 9.17) is 12.2 Å². The van der Waals surface area contributed by atoms with Crippen LogP contribution in [0.5, 0.6) is 0 Å². The molecule has 3 nitrogen and oxygen atoms in total. The molecule has 0 spiro atoms. The second-order valence-electron chi connectivity index (χ2n) is 3.67. The molecule has 1 N–H and O–H groups in total. The minimum atomic E-state index is 0.125. The summed E-state index contributed by atoms with van der Waals surface area (Å²) in [5.41, 5.74) is 0.976. The summed E-state index contributed by atoms with van der Waals surface area (Å²) in [7, 11) is 3.51. The monoisotopic (exact) mass is 268 g/mol. The first-order valence-electron chi connectivity index (χ1n) is 5.28. The topological polar surface area (TPSA) is 32.3 Å². The van der Waals surface area contributed by atoms with Gasteiger partial charge in [-0.15, -0.1) is 0 Å². The van der Waals surface area contributed by atoms with Crippen molar-refractivity contribution in [2.24, 2.45) is 0 Å². The number of hydrogen-bond donors (Lipinski definition) is 1. The van der Waals surface area contributed by atoms with Gasteiger partial charge in [0.2, 0.25) is 5.91 Å². The molecular formula is C12H16N2OS2. The van der Waals surface area contributed by atoms with E-state index in [0.717, 1.165) is 5.69 Å². The SMILES string of the molecule is CN(C)C(=O)CCSC(=S)Nc1ccccc1. The average Bonchev–Trinajstić information content (AvgIpc) is 2.30. The molecule has 1 rings (SSSR count). The third kappa shape index (κ3) is 5.70. The lowest BCUT2D eigenvalue weighted by molar-refractivity contribution is -0.128. The summed E-state index contributed by atoms with van der Waals surface area (Å²) < 4.78 is 0.697. The second-order valence-corrected chi connectivity index (χ2v) is 5.44. The lowest BCUT2D eigenvalue weighted by Crippen LogP contribution is -2.22. The molecule has 1 aromatic carbocycles. The van der Waals surface area contributed by atoms with Gasteiger partial charge in [0, 0.05) is 32.0 Å². The van der Waals surface area contributed by atoms with Gasteiger partial charge in [0.25, 0.3) is 0 Å². The van der Waals surface area contributed by atoms with Gasteiger partial charge in [-0.2, -0.15) is 0 Å². The molecular weight excluding hydrogens is 252 g/mol. The maximum atomic E-state index is 11.3. The molecule has 0 radical (unpaired) electrons. The van der Waals surface area contributed by atoms with Gasteiger partial charge in [0.1, 0.15) is 4.32 Å². The van der Waals surface area contributed by atoms with Crippen LogP contribution in [0.2, 0.25) is 0 Å². The lowest BCUT2D eigenvalue weighted by Gasteiger charge is -2.10. The zero-order valence-electron chi connectivity index (χ0n) is 9.97. The van der Waals surface area contributed by atoms with Gasteiger partial charge in [-0.05, 0) is 12.1 Å². The fourth-order valence-electron chi connectivity index (χ4n) is 1.13. The number of thiocarbonyl (C=S) groups is 1. The molecule has 1 amide bonds. The van der Waals surface area contributed by atoms with Gasteiger partial charge < -0.3 is 10.2 Å². The van der Waals surface area contributed by atoms with Crippen LogP contribution in [0.25, 0.3) is 0 Å². The molecule has 0 saturated carbocycles.